The van der Waals surface area contributed by atoms with Crippen LogP contribution in [0.5, 0.6) is 0 Å². The summed E-state index contributed by atoms with van der Waals surface area (Å²) in [4.78, 5) is 0. The molecule has 72 valence electrons. The maximum Gasteiger partial charge on any atom is 0.0716 e. The van der Waals surface area contributed by atoms with Crippen LogP contribution >= 0.6 is 0 Å². The summed E-state index contributed by atoms with van der Waals surface area (Å²) in [5, 5.41) is 9.62. The lowest BCUT2D eigenvalue weighted by Crippen LogP contribution is -2.46. The van der Waals surface area contributed by atoms with Crippen molar-refractivity contribution in [2.24, 2.45) is 23.5 Å². The largest absolute Gasteiger partial charge is 0.391 e. The Balaban J connectivity index is 2.53. The molecule has 1 saturated carbocycles. The zero-order valence-corrected chi connectivity index (χ0v) is 8.33. The third-order valence-electron chi connectivity index (χ3n) is 3.21. The van der Waals surface area contributed by atoms with E-state index in [1.807, 2.05) is 0 Å². The van der Waals surface area contributed by atoms with Gasteiger partial charge in [-0.3, -0.25) is 0 Å². The summed E-state index contributed by atoms with van der Waals surface area (Å²) < 4.78 is 0. The van der Waals surface area contributed by atoms with Crippen LogP contribution in [0.2, 0.25) is 0 Å². The lowest BCUT2D eigenvalue weighted by molar-refractivity contribution is 0.0281. The summed E-state index contributed by atoms with van der Waals surface area (Å²) in [6.45, 7) is 6.57. The quantitative estimate of drug-likeness (QED) is 0.626. The second-order valence-corrected chi connectivity index (χ2v) is 4.61. The number of hydrogen-bond donors (Lipinski definition) is 2. The first-order valence-electron chi connectivity index (χ1n) is 4.96. The maximum absolute atomic E-state index is 9.62. The van der Waals surface area contributed by atoms with Crippen molar-refractivity contribution in [3.05, 3.63) is 0 Å². The van der Waals surface area contributed by atoms with Gasteiger partial charge in [0.1, 0.15) is 0 Å². The Bertz CT molecular complexity index is 135. The monoisotopic (exact) mass is 171 g/mol. The lowest BCUT2D eigenvalue weighted by Gasteiger charge is -2.37. The molecule has 0 aliphatic heterocycles. The first-order chi connectivity index (χ1) is 5.52. The molecule has 2 nitrogen and oxygen atoms in total. The Morgan fingerprint density at radius 2 is 1.92 bits per heavy atom. The predicted octanol–water partition coefficient (Wildman–Crippen LogP) is 1.38. The summed E-state index contributed by atoms with van der Waals surface area (Å²) in [6, 6.07) is 0.00106. The molecule has 1 aliphatic carbocycles. The zero-order valence-electron chi connectivity index (χ0n) is 8.33. The van der Waals surface area contributed by atoms with Gasteiger partial charge in [0.05, 0.1) is 6.10 Å². The third kappa shape index (κ3) is 1.99. The average Bonchev–Trinajstić information content (AvgIpc) is 1.99. The molecule has 3 N–H and O–H groups in total. The van der Waals surface area contributed by atoms with Crippen LogP contribution in [-0.2, 0) is 0 Å². The second kappa shape index (κ2) is 3.75. The van der Waals surface area contributed by atoms with E-state index in [1.54, 1.807) is 0 Å². The molecule has 2 heteroatoms. The van der Waals surface area contributed by atoms with Gasteiger partial charge in [-0.25, -0.2) is 0 Å². The normalized spacial score (nSPS) is 43.5. The van der Waals surface area contributed by atoms with E-state index < -0.39 is 0 Å². The summed E-state index contributed by atoms with van der Waals surface area (Å²) in [5.41, 5.74) is 5.85. The molecule has 12 heavy (non-hydrogen) atoms. The minimum atomic E-state index is -0.278. The molecule has 0 aromatic carbocycles. The van der Waals surface area contributed by atoms with E-state index in [4.69, 9.17) is 5.73 Å². The van der Waals surface area contributed by atoms with Crippen molar-refractivity contribution in [2.75, 3.05) is 0 Å². The Labute approximate surface area is 75.2 Å². The predicted molar refractivity (Wildman–Crippen MR) is 50.7 cm³/mol. The molecule has 0 bridgehead atoms. The number of rotatable bonds is 1. The molecule has 0 radical (unpaired) electrons. The standard InChI is InChI=1S/C10H21NO/c1-6(2)8-4-7(3)10(12)9(11)5-8/h6-10,12H,4-5,11H2,1-3H3/t7?,8-,9+,10-/m1/s1. The third-order valence-corrected chi connectivity index (χ3v) is 3.21. The van der Waals surface area contributed by atoms with Gasteiger partial charge in [-0.1, -0.05) is 20.8 Å². The molecule has 1 fully saturated rings. The maximum atomic E-state index is 9.62. The molecule has 1 aliphatic rings. The van der Waals surface area contributed by atoms with E-state index in [0.29, 0.717) is 17.8 Å². The van der Waals surface area contributed by atoms with Crippen molar-refractivity contribution in [3.63, 3.8) is 0 Å². The zero-order chi connectivity index (χ0) is 9.30. The minimum Gasteiger partial charge on any atom is -0.391 e. The lowest BCUT2D eigenvalue weighted by atomic mass is 9.73. The number of nitrogens with two attached hydrogens (primary N) is 1. The van der Waals surface area contributed by atoms with Gasteiger partial charge in [-0.15, -0.1) is 0 Å². The van der Waals surface area contributed by atoms with Gasteiger partial charge in [-0.2, -0.15) is 0 Å². The van der Waals surface area contributed by atoms with E-state index >= 15 is 0 Å². The van der Waals surface area contributed by atoms with Crippen LogP contribution in [0, 0.1) is 17.8 Å². The van der Waals surface area contributed by atoms with Gasteiger partial charge in [0, 0.05) is 6.04 Å². The number of aliphatic hydroxyl groups excluding tert-OH is 1. The molecule has 0 saturated heterocycles. The molecule has 1 unspecified atom stereocenters. The molecule has 1 rings (SSSR count). The number of aliphatic hydroxyl groups is 1. The summed E-state index contributed by atoms with van der Waals surface area (Å²) in [6.07, 6.45) is 1.84. The molecule has 0 heterocycles. The average molecular weight is 171 g/mol. The molecular formula is C10H21NO. The molecule has 0 spiro atoms. The number of hydrogen-bond acceptors (Lipinski definition) is 2. The first kappa shape index (κ1) is 10.0. The highest BCUT2D eigenvalue weighted by atomic mass is 16.3. The van der Waals surface area contributed by atoms with E-state index in [0.717, 1.165) is 12.8 Å². The summed E-state index contributed by atoms with van der Waals surface area (Å²) in [7, 11) is 0. The van der Waals surface area contributed by atoms with E-state index in [2.05, 4.69) is 20.8 Å². The SMILES string of the molecule is CC(C)[C@@H]1CC(C)[C@@H](O)[C@@H](N)C1. The van der Waals surface area contributed by atoms with Gasteiger partial charge in [-0.05, 0) is 30.6 Å². The van der Waals surface area contributed by atoms with Crippen molar-refractivity contribution in [3.8, 4) is 0 Å². The fourth-order valence-electron chi connectivity index (χ4n) is 2.17. The van der Waals surface area contributed by atoms with Crippen LogP contribution in [-0.4, -0.2) is 17.3 Å². The van der Waals surface area contributed by atoms with Gasteiger partial charge >= 0.3 is 0 Å². The van der Waals surface area contributed by atoms with Crippen LogP contribution in [0.3, 0.4) is 0 Å². The first-order valence-corrected chi connectivity index (χ1v) is 4.96. The van der Waals surface area contributed by atoms with Crippen LogP contribution in [0.4, 0.5) is 0 Å². The highest BCUT2D eigenvalue weighted by Crippen LogP contribution is 2.32. The smallest absolute Gasteiger partial charge is 0.0716 e. The molecule has 0 amide bonds. The van der Waals surface area contributed by atoms with Gasteiger partial charge in [0.2, 0.25) is 0 Å². The van der Waals surface area contributed by atoms with E-state index in [-0.39, 0.29) is 12.1 Å². The topological polar surface area (TPSA) is 46.2 Å². The fourth-order valence-corrected chi connectivity index (χ4v) is 2.17. The van der Waals surface area contributed by atoms with Crippen molar-refractivity contribution >= 4 is 0 Å². The summed E-state index contributed by atoms with van der Waals surface area (Å²) >= 11 is 0. The molecule has 0 aromatic rings. The van der Waals surface area contributed by atoms with Crippen molar-refractivity contribution in [2.45, 2.75) is 45.8 Å². The van der Waals surface area contributed by atoms with Crippen molar-refractivity contribution < 1.29 is 5.11 Å². The van der Waals surface area contributed by atoms with Crippen LogP contribution < -0.4 is 5.73 Å². The summed E-state index contributed by atoms with van der Waals surface area (Å²) in [5.74, 6) is 1.78. The molecular weight excluding hydrogens is 150 g/mol. The Morgan fingerprint density at radius 1 is 1.33 bits per heavy atom. The van der Waals surface area contributed by atoms with Crippen LogP contribution in [0.15, 0.2) is 0 Å². The van der Waals surface area contributed by atoms with Crippen LogP contribution in [0.1, 0.15) is 33.6 Å². The highest BCUT2D eigenvalue weighted by Gasteiger charge is 2.33. The molecule has 4 atom stereocenters. The Hall–Kier alpha value is -0.0800. The van der Waals surface area contributed by atoms with Crippen LogP contribution in [0.25, 0.3) is 0 Å². The minimum absolute atomic E-state index is 0.00106. The van der Waals surface area contributed by atoms with Gasteiger partial charge < -0.3 is 10.8 Å². The second-order valence-electron chi connectivity index (χ2n) is 4.61. The van der Waals surface area contributed by atoms with Gasteiger partial charge in [0.15, 0.2) is 0 Å². The highest BCUT2D eigenvalue weighted by molar-refractivity contribution is 4.87. The van der Waals surface area contributed by atoms with Crippen molar-refractivity contribution in [1.82, 2.24) is 0 Å². The van der Waals surface area contributed by atoms with E-state index in [9.17, 15) is 5.11 Å². The van der Waals surface area contributed by atoms with Crippen molar-refractivity contribution in [1.29, 1.82) is 0 Å². The fraction of sp³-hybridized carbons (Fsp3) is 1.00. The van der Waals surface area contributed by atoms with Gasteiger partial charge in [0.25, 0.3) is 0 Å². The Kier molecular flexibility index (Phi) is 3.13. The van der Waals surface area contributed by atoms with E-state index in [1.165, 1.54) is 0 Å². The Morgan fingerprint density at radius 3 is 2.33 bits per heavy atom. The molecule has 0 aromatic heterocycles.